The molecule has 25 heavy (non-hydrogen) atoms. The van der Waals surface area contributed by atoms with Crippen molar-refractivity contribution in [1.29, 1.82) is 0 Å². The average molecular weight is 337 g/mol. The van der Waals surface area contributed by atoms with Gasteiger partial charge in [-0.1, -0.05) is 0 Å². The fraction of sp³-hybridized carbons (Fsp3) is 0.421. The number of H-pyrrole nitrogens is 1. The fourth-order valence-corrected chi connectivity index (χ4v) is 3.65. The zero-order valence-electron chi connectivity index (χ0n) is 14.6. The maximum absolute atomic E-state index is 12.8. The van der Waals surface area contributed by atoms with Crippen molar-refractivity contribution in [1.82, 2.24) is 24.6 Å². The molecule has 1 saturated heterocycles. The van der Waals surface area contributed by atoms with Gasteiger partial charge < -0.3 is 14.5 Å². The van der Waals surface area contributed by atoms with E-state index in [9.17, 15) is 4.79 Å². The van der Waals surface area contributed by atoms with Gasteiger partial charge in [0.2, 0.25) is 0 Å². The van der Waals surface area contributed by atoms with Gasteiger partial charge >= 0.3 is 0 Å². The summed E-state index contributed by atoms with van der Waals surface area (Å²) in [5.41, 5.74) is 1.82. The Bertz CT molecular complexity index is 894. The molecule has 0 aliphatic carbocycles. The molecule has 0 radical (unpaired) electrons. The van der Waals surface area contributed by atoms with E-state index in [1.807, 2.05) is 35.4 Å². The molecule has 6 heteroatoms. The maximum Gasteiger partial charge on any atom is 0.253 e. The van der Waals surface area contributed by atoms with Crippen LogP contribution in [0.2, 0.25) is 0 Å². The Kier molecular flexibility index (Phi) is 4.03. The van der Waals surface area contributed by atoms with Crippen LogP contribution in [0.15, 0.2) is 36.8 Å². The zero-order valence-corrected chi connectivity index (χ0v) is 14.6. The summed E-state index contributed by atoms with van der Waals surface area (Å²) in [7, 11) is 0. The first kappa shape index (κ1) is 15.9. The van der Waals surface area contributed by atoms with Gasteiger partial charge in [-0.05, 0) is 50.5 Å². The van der Waals surface area contributed by atoms with E-state index < -0.39 is 0 Å². The van der Waals surface area contributed by atoms with Crippen molar-refractivity contribution in [2.75, 3.05) is 13.1 Å². The van der Waals surface area contributed by atoms with Gasteiger partial charge in [0, 0.05) is 48.2 Å². The van der Waals surface area contributed by atoms with E-state index in [0.717, 1.165) is 48.2 Å². The quantitative estimate of drug-likeness (QED) is 0.796. The Balaban J connectivity index is 1.44. The molecular weight excluding hydrogens is 314 g/mol. The number of hydrogen-bond acceptors (Lipinski definition) is 3. The first-order valence-corrected chi connectivity index (χ1v) is 8.86. The first-order valence-electron chi connectivity index (χ1n) is 8.86. The highest BCUT2D eigenvalue weighted by Gasteiger charge is 2.28. The molecular formula is C19H23N5O. The second-order valence-electron chi connectivity index (χ2n) is 7.14. The van der Waals surface area contributed by atoms with E-state index in [1.165, 1.54) is 0 Å². The predicted octanol–water partition coefficient (Wildman–Crippen LogP) is 3.05. The van der Waals surface area contributed by atoms with E-state index in [2.05, 4.69) is 33.6 Å². The zero-order chi connectivity index (χ0) is 17.4. The molecule has 0 saturated carbocycles. The predicted molar refractivity (Wildman–Crippen MR) is 96.4 cm³/mol. The van der Waals surface area contributed by atoms with Crippen molar-refractivity contribution in [2.45, 2.75) is 32.7 Å². The van der Waals surface area contributed by atoms with Crippen molar-refractivity contribution >= 4 is 16.8 Å². The topological polar surface area (TPSA) is 66.8 Å². The lowest BCUT2D eigenvalue weighted by Gasteiger charge is -2.17. The van der Waals surface area contributed by atoms with Gasteiger partial charge in [0.05, 0.1) is 0 Å². The number of carbonyl (C=O) groups excluding carboxylic acids is 1. The lowest BCUT2D eigenvalue weighted by molar-refractivity contribution is 0.0787. The summed E-state index contributed by atoms with van der Waals surface area (Å²) < 4.78 is 2.12. The number of fused-ring (bicyclic) bond motifs is 1. The minimum Gasteiger partial charge on any atom is -0.361 e. The Hall–Kier alpha value is -2.63. The van der Waals surface area contributed by atoms with E-state index in [0.29, 0.717) is 12.0 Å². The number of aromatic amines is 1. The maximum atomic E-state index is 12.8. The van der Waals surface area contributed by atoms with E-state index >= 15 is 0 Å². The monoisotopic (exact) mass is 337 g/mol. The Morgan fingerprint density at radius 2 is 2.24 bits per heavy atom. The van der Waals surface area contributed by atoms with Gasteiger partial charge in [-0.15, -0.1) is 10.2 Å². The molecule has 1 N–H and O–H groups in total. The number of carbonyl (C=O) groups is 1. The first-order chi connectivity index (χ1) is 12.1. The molecule has 1 unspecified atom stereocenters. The Morgan fingerprint density at radius 3 is 3.08 bits per heavy atom. The van der Waals surface area contributed by atoms with Crippen LogP contribution in [0.3, 0.4) is 0 Å². The SMILES string of the molecule is CC(C)n1cnnc1CC1CCN(C(=O)c2ccc3[nH]ccc3c2)C1. The third-order valence-corrected chi connectivity index (χ3v) is 5.05. The summed E-state index contributed by atoms with van der Waals surface area (Å²) in [4.78, 5) is 17.9. The number of benzene rings is 1. The van der Waals surface area contributed by atoms with Crippen LogP contribution in [0.1, 0.15) is 42.5 Å². The van der Waals surface area contributed by atoms with Crippen LogP contribution in [0.4, 0.5) is 0 Å². The molecule has 1 amide bonds. The lowest BCUT2D eigenvalue weighted by atomic mass is 10.0. The Labute approximate surface area is 146 Å². The highest BCUT2D eigenvalue weighted by Crippen LogP contribution is 2.24. The molecule has 130 valence electrons. The van der Waals surface area contributed by atoms with Crippen LogP contribution in [-0.4, -0.2) is 43.6 Å². The number of hydrogen-bond donors (Lipinski definition) is 1. The highest BCUT2D eigenvalue weighted by atomic mass is 16.2. The summed E-state index contributed by atoms with van der Waals surface area (Å²) in [5.74, 6) is 1.58. The summed E-state index contributed by atoms with van der Waals surface area (Å²) in [6.07, 6.45) is 5.58. The number of nitrogens with one attached hydrogen (secondary N) is 1. The molecule has 1 aliphatic rings. The Morgan fingerprint density at radius 1 is 1.36 bits per heavy atom. The fourth-order valence-electron chi connectivity index (χ4n) is 3.65. The summed E-state index contributed by atoms with van der Waals surface area (Å²) in [6, 6.07) is 8.21. The third kappa shape index (κ3) is 3.04. The third-order valence-electron chi connectivity index (χ3n) is 5.05. The number of nitrogens with zero attached hydrogens (tertiary/aromatic N) is 4. The van der Waals surface area contributed by atoms with Crippen molar-refractivity contribution in [3.63, 3.8) is 0 Å². The van der Waals surface area contributed by atoms with E-state index in [4.69, 9.17) is 0 Å². The molecule has 0 bridgehead atoms. The average Bonchev–Trinajstić information content (AvgIpc) is 3.34. The smallest absolute Gasteiger partial charge is 0.253 e. The van der Waals surface area contributed by atoms with Gasteiger partial charge in [0.25, 0.3) is 5.91 Å². The summed E-state index contributed by atoms with van der Waals surface area (Å²) in [6.45, 7) is 5.86. The van der Waals surface area contributed by atoms with Gasteiger partial charge in [-0.25, -0.2) is 0 Å². The second kappa shape index (κ2) is 6.35. The van der Waals surface area contributed by atoms with Crippen molar-refractivity contribution in [3.8, 4) is 0 Å². The van der Waals surface area contributed by atoms with Crippen LogP contribution in [0.5, 0.6) is 0 Å². The van der Waals surface area contributed by atoms with Crippen molar-refractivity contribution in [3.05, 3.63) is 48.2 Å². The molecule has 0 spiro atoms. The van der Waals surface area contributed by atoms with Crippen molar-refractivity contribution in [2.24, 2.45) is 5.92 Å². The normalized spacial score (nSPS) is 17.7. The molecule has 1 atom stereocenters. The minimum absolute atomic E-state index is 0.121. The van der Waals surface area contributed by atoms with Crippen LogP contribution >= 0.6 is 0 Å². The van der Waals surface area contributed by atoms with Gasteiger partial charge in [-0.3, -0.25) is 4.79 Å². The molecule has 6 nitrogen and oxygen atoms in total. The largest absolute Gasteiger partial charge is 0.361 e. The van der Waals surface area contributed by atoms with Crippen LogP contribution in [0.25, 0.3) is 10.9 Å². The van der Waals surface area contributed by atoms with Crippen molar-refractivity contribution < 1.29 is 4.79 Å². The molecule has 3 heterocycles. The molecule has 1 fully saturated rings. The van der Waals surface area contributed by atoms with Gasteiger partial charge in [-0.2, -0.15) is 0 Å². The second-order valence-corrected chi connectivity index (χ2v) is 7.14. The molecule has 2 aromatic heterocycles. The highest BCUT2D eigenvalue weighted by molar-refractivity contribution is 5.98. The summed E-state index contributed by atoms with van der Waals surface area (Å²) >= 11 is 0. The number of aromatic nitrogens is 4. The minimum atomic E-state index is 0.121. The molecule has 3 aromatic rings. The van der Waals surface area contributed by atoms with Gasteiger partial charge in [0.15, 0.2) is 0 Å². The van der Waals surface area contributed by atoms with E-state index in [-0.39, 0.29) is 5.91 Å². The molecule has 4 rings (SSSR count). The van der Waals surface area contributed by atoms with Crippen LogP contribution < -0.4 is 0 Å². The number of amides is 1. The molecule has 1 aliphatic heterocycles. The summed E-state index contributed by atoms with van der Waals surface area (Å²) in [5, 5.41) is 9.38. The van der Waals surface area contributed by atoms with E-state index in [1.54, 1.807) is 6.33 Å². The lowest BCUT2D eigenvalue weighted by Crippen LogP contribution is -2.29. The van der Waals surface area contributed by atoms with Crippen LogP contribution in [0, 0.1) is 5.92 Å². The van der Waals surface area contributed by atoms with Gasteiger partial charge in [0.1, 0.15) is 12.2 Å². The number of likely N-dealkylation sites (tertiary alicyclic amines) is 1. The van der Waals surface area contributed by atoms with Crippen LogP contribution in [-0.2, 0) is 6.42 Å². The standard InChI is InChI=1S/C19H23N5O/c1-13(2)24-12-21-22-18(24)9-14-6-8-23(11-14)19(25)16-3-4-17-15(10-16)5-7-20-17/h3-5,7,10,12-14,20H,6,8-9,11H2,1-2H3. The number of rotatable bonds is 4. The molecule has 1 aromatic carbocycles.